The normalized spacial score (nSPS) is 10.4. The third kappa shape index (κ3) is 4.28. The van der Waals surface area contributed by atoms with Gasteiger partial charge in [-0.1, -0.05) is 5.16 Å². The third-order valence-corrected chi connectivity index (χ3v) is 2.59. The van der Waals surface area contributed by atoms with Crippen molar-refractivity contribution in [1.29, 1.82) is 0 Å². The molecule has 0 spiro atoms. The van der Waals surface area contributed by atoms with Crippen LogP contribution in [-0.2, 0) is 20.9 Å². The van der Waals surface area contributed by atoms with Crippen LogP contribution in [0.5, 0.6) is 5.75 Å². The minimum Gasteiger partial charge on any atom is -0.497 e. The highest BCUT2D eigenvalue weighted by molar-refractivity contribution is 5.70. The summed E-state index contributed by atoms with van der Waals surface area (Å²) in [6, 6.07) is 7.19. The van der Waals surface area contributed by atoms with Crippen molar-refractivity contribution in [2.45, 2.75) is 13.5 Å². The molecular weight excluding hydrogens is 276 g/mol. The van der Waals surface area contributed by atoms with E-state index in [1.807, 2.05) is 0 Å². The molecule has 1 aromatic carbocycles. The molecule has 0 N–H and O–H groups in total. The van der Waals surface area contributed by atoms with Gasteiger partial charge in [-0.05, 0) is 31.2 Å². The summed E-state index contributed by atoms with van der Waals surface area (Å²) in [6.45, 7) is 2.12. The highest BCUT2D eigenvalue weighted by Crippen LogP contribution is 2.20. The molecule has 0 aliphatic heterocycles. The molecule has 21 heavy (non-hydrogen) atoms. The lowest BCUT2D eigenvalue weighted by molar-refractivity contribution is -0.150. The van der Waals surface area contributed by atoms with Crippen molar-refractivity contribution in [3.63, 3.8) is 0 Å². The SMILES string of the molecule is CCOCC(=O)OCc1noc(-c2ccc(OC)cc2)n1. The monoisotopic (exact) mass is 292 g/mol. The third-order valence-electron chi connectivity index (χ3n) is 2.59. The predicted molar refractivity (Wildman–Crippen MR) is 72.6 cm³/mol. The van der Waals surface area contributed by atoms with Gasteiger partial charge in [-0.25, -0.2) is 4.79 Å². The van der Waals surface area contributed by atoms with E-state index in [2.05, 4.69) is 10.1 Å². The van der Waals surface area contributed by atoms with Crippen LogP contribution in [0.4, 0.5) is 0 Å². The van der Waals surface area contributed by atoms with E-state index in [9.17, 15) is 4.79 Å². The summed E-state index contributed by atoms with van der Waals surface area (Å²) in [4.78, 5) is 15.4. The number of methoxy groups -OCH3 is 1. The maximum absolute atomic E-state index is 11.3. The summed E-state index contributed by atoms with van der Waals surface area (Å²) >= 11 is 0. The zero-order valence-corrected chi connectivity index (χ0v) is 11.9. The number of nitrogens with zero attached hydrogens (tertiary/aromatic N) is 2. The van der Waals surface area contributed by atoms with Crippen LogP contribution in [0, 0.1) is 0 Å². The van der Waals surface area contributed by atoms with Crippen molar-refractivity contribution in [2.24, 2.45) is 0 Å². The van der Waals surface area contributed by atoms with Gasteiger partial charge in [0.2, 0.25) is 5.82 Å². The van der Waals surface area contributed by atoms with Crippen molar-refractivity contribution in [3.8, 4) is 17.2 Å². The molecule has 0 fully saturated rings. The van der Waals surface area contributed by atoms with Gasteiger partial charge in [0.25, 0.3) is 5.89 Å². The Morgan fingerprint density at radius 3 is 2.71 bits per heavy atom. The minimum atomic E-state index is -0.465. The molecule has 0 unspecified atom stereocenters. The number of aromatic nitrogens is 2. The van der Waals surface area contributed by atoms with Crippen molar-refractivity contribution in [2.75, 3.05) is 20.3 Å². The van der Waals surface area contributed by atoms with Crippen LogP contribution in [-0.4, -0.2) is 36.4 Å². The molecule has 2 rings (SSSR count). The fourth-order valence-electron chi connectivity index (χ4n) is 1.54. The van der Waals surface area contributed by atoms with E-state index in [0.717, 1.165) is 11.3 Å². The maximum Gasteiger partial charge on any atom is 0.332 e. The largest absolute Gasteiger partial charge is 0.497 e. The summed E-state index contributed by atoms with van der Waals surface area (Å²) in [5.41, 5.74) is 0.759. The number of ether oxygens (including phenoxy) is 3. The van der Waals surface area contributed by atoms with Crippen LogP contribution in [0.3, 0.4) is 0 Å². The number of carbonyl (C=O) groups excluding carboxylic acids is 1. The Kier molecular flexibility index (Phi) is 5.28. The lowest BCUT2D eigenvalue weighted by Gasteiger charge is -2.01. The molecule has 0 amide bonds. The zero-order chi connectivity index (χ0) is 15.1. The van der Waals surface area contributed by atoms with Gasteiger partial charge in [0.05, 0.1) is 7.11 Å². The molecule has 0 aliphatic carbocycles. The molecular formula is C14H16N2O5. The molecule has 7 nitrogen and oxygen atoms in total. The number of rotatable bonds is 7. The standard InChI is InChI=1S/C14H16N2O5/c1-3-19-9-13(17)20-8-12-15-14(21-16-12)10-4-6-11(18-2)7-5-10/h4-7H,3,8-9H2,1-2H3. The Balaban J connectivity index is 1.92. The number of benzene rings is 1. The van der Waals surface area contributed by atoms with Gasteiger partial charge < -0.3 is 18.7 Å². The summed E-state index contributed by atoms with van der Waals surface area (Å²) in [7, 11) is 1.59. The minimum absolute atomic E-state index is 0.0500. The van der Waals surface area contributed by atoms with E-state index >= 15 is 0 Å². The van der Waals surface area contributed by atoms with E-state index in [0.29, 0.717) is 18.3 Å². The number of hydrogen-bond acceptors (Lipinski definition) is 7. The van der Waals surface area contributed by atoms with Crippen LogP contribution >= 0.6 is 0 Å². The first kappa shape index (κ1) is 15.0. The molecule has 1 aromatic heterocycles. The second-order valence-corrected chi connectivity index (χ2v) is 4.04. The Hall–Kier alpha value is -2.41. The van der Waals surface area contributed by atoms with Gasteiger partial charge in [0, 0.05) is 12.2 Å². The van der Waals surface area contributed by atoms with Crippen molar-refractivity contribution >= 4 is 5.97 Å². The first-order chi connectivity index (χ1) is 10.2. The average Bonchev–Trinajstić information content (AvgIpc) is 3.00. The van der Waals surface area contributed by atoms with E-state index in [1.54, 1.807) is 38.3 Å². The van der Waals surface area contributed by atoms with Gasteiger partial charge in [-0.2, -0.15) is 4.98 Å². The second kappa shape index (κ2) is 7.39. The molecule has 1 heterocycles. The first-order valence-corrected chi connectivity index (χ1v) is 6.43. The molecule has 0 aliphatic rings. The predicted octanol–water partition coefficient (Wildman–Crippen LogP) is 1.82. The summed E-state index contributed by atoms with van der Waals surface area (Å²) < 4.78 is 20.1. The van der Waals surface area contributed by atoms with Crippen molar-refractivity contribution in [3.05, 3.63) is 30.1 Å². The van der Waals surface area contributed by atoms with Crippen LogP contribution in [0.2, 0.25) is 0 Å². The molecule has 7 heteroatoms. The number of hydrogen-bond donors (Lipinski definition) is 0. The van der Waals surface area contributed by atoms with Gasteiger partial charge in [0.15, 0.2) is 6.61 Å². The van der Waals surface area contributed by atoms with Crippen LogP contribution in [0.15, 0.2) is 28.8 Å². The van der Waals surface area contributed by atoms with Crippen LogP contribution in [0.25, 0.3) is 11.5 Å². The number of carbonyl (C=O) groups is 1. The van der Waals surface area contributed by atoms with Gasteiger partial charge in [0.1, 0.15) is 12.4 Å². The smallest absolute Gasteiger partial charge is 0.332 e. The summed E-state index contributed by atoms with van der Waals surface area (Å²) in [6.07, 6.45) is 0. The van der Waals surface area contributed by atoms with E-state index in [4.69, 9.17) is 18.7 Å². The average molecular weight is 292 g/mol. The molecule has 0 bridgehead atoms. The molecule has 0 saturated heterocycles. The molecule has 2 aromatic rings. The Bertz CT molecular complexity index is 579. The van der Waals surface area contributed by atoms with E-state index in [1.165, 1.54) is 0 Å². The quantitative estimate of drug-likeness (QED) is 0.720. The van der Waals surface area contributed by atoms with Crippen molar-refractivity contribution < 1.29 is 23.5 Å². The topological polar surface area (TPSA) is 83.7 Å². The molecule has 0 saturated carbocycles. The van der Waals surface area contributed by atoms with E-state index in [-0.39, 0.29) is 13.2 Å². The highest BCUT2D eigenvalue weighted by Gasteiger charge is 2.11. The summed E-state index contributed by atoms with van der Waals surface area (Å²) in [5.74, 6) is 0.926. The fraction of sp³-hybridized carbons (Fsp3) is 0.357. The lowest BCUT2D eigenvalue weighted by atomic mass is 10.2. The van der Waals surface area contributed by atoms with Crippen LogP contribution < -0.4 is 4.74 Å². The maximum atomic E-state index is 11.3. The van der Waals surface area contributed by atoms with Gasteiger partial charge in [-0.15, -0.1) is 0 Å². The zero-order valence-electron chi connectivity index (χ0n) is 11.9. The Morgan fingerprint density at radius 1 is 1.29 bits per heavy atom. The molecule has 112 valence electrons. The molecule has 0 atom stereocenters. The first-order valence-electron chi connectivity index (χ1n) is 6.43. The number of esters is 1. The second-order valence-electron chi connectivity index (χ2n) is 4.04. The Labute approximate surface area is 121 Å². The fourth-order valence-corrected chi connectivity index (χ4v) is 1.54. The van der Waals surface area contributed by atoms with Crippen LogP contribution in [0.1, 0.15) is 12.7 Å². The van der Waals surface area contributed by atoms with Crippen molar-refractivity contribution in [1.82, 2.24) is 10.1 Å². The Morgan fingerprint density at radius 2 is 2.05 bits per heavy atom. The van der Waals surface area contributed by atoms with E-state index < -0.39 is 5.97 Å². The summed E-state index contributed by atoms with van der Waals surface area (Å²) in [5, 5.41) is 3.75. The highest BCUT2D eigenvalue weighted by atomic mass is 16.6. The van der Waals surface area contributed by atoms with Gasteiger partial charge >= 0.3 is 5.97 Å². The lowest BCUT2D eigenvalue weighted by Crippen LogP contribution is -2.12. The van der Waals surface area contributed by atoms with Gasteiger partial charge in [-0.3, -0.25) is 0 Å². The molecule has 0 radical (unpaired) electrons.